The monoisotopic (exact) mass is 223 g/mol. The highest BCUT2D eigenvalue weighted by atomic mass is 32.1. The summed E-state index contributed by atoms with van der Waals surface area (Å²) in [6, 6.07) is 0. The Balaban J connectivity index is 1.98. The van der Waals surface area contributed by atoms with Crippen LogP contribution in [-0.2, 0) is 6.42 Å². The van der Waals surface area contributed by atoms with Gasteiger partial charge in [0.05, 0.1) is 5.38 Å². The Morgan fingerprint density at radius 3 is 3.20 bits per heavy atom. The molecule has 0 aliphatic rings. The Labute approximate surface area is 90.1 Å². The molecule has 0 bridgehead atoms. The largest absolute Gasteiger partial charge is 0.362 e. The predicted molar refractivity (Wildman–Crippen MR) is 57.6 cm³/mol. The molecule has 0 radical (unpaired) electrons. The normalized spacial score (nSPS) is 9.87. The molecule has 0 saturated heterocycles. The molecule has 0 spiro atoms. The Morgan fingerprint density at radius 2 is 2.47 bits per heavy atom. The Kier molecular flexibility index (Phi) is 2.93. The van der Waals surface area contributed by atoms with Gasteiger partial charge in [-0.3, -0.25) is 10.9 Å². The third-order valence-corrected chi connectivity index (χ3v) is 2.18. The second kappa shape index (κ2) is 4.56. The second-order valence-electron chi connectivity index (χ2n) is 2.72. The molecular weight excluding hydrogens is 214 g/mol. The first-order chi connectivity index (χ1) is 7.40. The summed E-state index contributed by atoms with van der Waals surface area (Å²) in [5, 5.41) is 9.38. The lowest BCUT2D eigenvalue weighted by atomic mass is 10.2. The highest BCUT2D eigenvalue weighted by Gasteiger charge is 2.05. The van der Waals surface area contributed by atoms with Crippen LogP contribution in [0.1, 0.15) is 5.56 Å². The van der Waals surface area contributed by atoms with Crippen LogP contribution in [0.25, 0.3) is 0 Å². The number of anilines is 2. The van der Waals surface area contributed by atoms with E-state index in [0.717, 1.165) is 5.56 Å². The van der Waals surface area contributed by atoms with Gasteiger partial charge in [-0.1, -0.05) is 15.7 Å². The highest BCUT2D eigenvalue weighted by Crippen LogP contribution is 2.14. The van der Waals surface area contributed by atoms with Crippen LogP contribution < -0.4 is 10.9 Å². The highest BCUT2D eigenvalue weighted by molar-refractivity contribution is 7.03. The lowest BCUT2D eigenvalue weighted by Gasteiger charge is -2.03. The molecule has 0 fully saturated rings. The van der Waals surface area contributed by atoms with Crippen molar-refractivity contribution >= 4 is 23.2 Å². The molecule has 0 aliphatic carbocycles. The SMILES string of the molecule is C=CCc1conc1NNc1csnn1. The summed E-state index contributed by atoms with van der Waals surface area (Å²) in [6.07, 6.45) is 4.05. The van der Waals surface area contributed by atoms with Crippen LogP contribution in [-0.4, -0.2) is 14.7 Å². The van der Waals surface area contributed by atoms with Crippen LogP contribution >= 0.6 is 11.5 Å². The summed E-state index contributed by atoms with van der Waals surface area (Å²) in [4.78, 5) is 0. The minimum absolute atomic E-state index is 0.628. The average Bonchev–Trinajstić information content (AvgIpc) is 2.85. The molecule has 2 N–H and O–H groups in total. The van der Waals surface area contributed by atoms with Crippen molar-refractivity contribution in [2.75, 3.05) is 10.9 Å². The summed E-state index contributed by atoms with van der Waals surface area (Å²) in [5.74, 6) is 1.27. The molecule has 15 heavy (non-hydrogen) atoms. The molecule has 0 unspecified atom stereocenters. The van der Waals surface area contributed by atoms with Crippen LogP contribution in [0.2, 0.25) is 0 Å². The minimum atomic E-state index is 0.628. The van der Waals surface area contributed by atoms with Gasteiger partial charge in [0.2, 0.25) is 0 Å². The van der Waals surface area contributed by atoms with Gasteiger partial charge in [0.1, 0.15) is 6.26 Å². The number of allylic oxidation sites excluding steroid dienone is 1. The summed E-state index contributed by atoms with van der Waals surface area (Å²) in [7, 11) is 0. The Morgan fingerprint density at radius 1 is 1.53 bits per heavy atom. The molecule has 0 aromatic carbocycles. The Bertz CT molecular complexity index is 424. The zero-order valence-electron chi connectivity index (χ0n) is 7.80. The fraction of sp³-hybridized carbons (Fsp3) is 0.125. The average molecular weight is 223 g/mol. The standard InChI is InChI=1S/C8H9N5OS/c1-2-3-6-4-14-12-8(6)11-9-7-5-15-13-10-7/h2,4-5,9H,1,3H2,(H,11,12). The van der Waals surface area contributed by atoms with Crippen LogP contribution in [0, 0.1) is 0 Å². The van der Waals surface area contributed by atoms with Gasteiger partial charge in [-0.2, -0.15) is 0 Å². The fourth-order valence-corrected chi connectivity index (χ4v) is 1.39. The first-order valence-corrected chi connectivity index (χ1v) is 5.07. The van der Waals surface area contributed by atoms with Crippen molar-refractivity contribution in [1.82, 2.24) is 14.7 Å². The Hall–Kier alpha value is -1.89. The predicted octanol–water partition coefficient (Wildman–Crippen LogP) is 1.69. The lowest BCUT2D eigenvalue weighted by Crippen LogP contribution is -2.10. The van der Waals surface area contributed by atoms with Gasteiger partial charge >= 0.3 is 0 Å². The maximum absolute atomic E-state index is 4.83. The van der Waals surface area contributed by atoms with E-state index in [2.05, 4.69) is 32.2 Å². The van der Waals surface area contributed by atoms with E-state index in [0.29, 0.717) is 18.1 Å². The number of hydrogen-bond donors (Lipinski definition) is 2. The quantitative estimate of drug-likeness (QED) is 0.593. The molecule has 2 heterocycles. The lowest BCUT2D eigenvalue weighted by molar-refractivity contribution is 0.422. The summed E-state index contributed by atoms with van der Waals surface area (Å²) < 4.78 is 8.54. The van der Waals surface area contributed by atoms with E-state index in [4.69, 9.17) is 4.52 Å². The van der Waals surface area contributed by atoms with Crippen molar-refractivity contribution in [3.8, 4) is 0 Å². The van der Waals surface area contributed by atoms with Gasteiger partial charge in [0, 0.05) is 5.56 Å². The minimum Gasteiger partial charge on any atom is -0.362 e. The van der Waals surface area contributed by atoms with Gasteiger partial charge in [-0.25, -0.2) is 0 Å². The summed E-state index contributed by atoms with van der Waals surface area (Å²) >= 11 is 1.27. The molecule has 78 valence electrons. The molecule has 7 heteroatoms. The van der Waals surface area contributed by atoms with E-state index in [-0.39, 0.29) is 0 Å². The van der Waals surface area contributed by atoms with Crippen molar-refractivity contribution in [3.05, 3.63) is 29.9 Å². The number of rotatable bonds is 5. The van der Waals surface area contributed by atoms with Crippen LogP contribution in [0.5, 0.6) is 0 Å². The van der Waals surface area contributed by atoms with Gasteiger partial charge in [0.25, 0.3) is 0 Å². The molecule has 0 amide bonds. The topological polar surface area (TPSA) is 75.9 Å². The van der Waals surface area contributed by atoms with Gasteiger partial charge in [-0.05, 0) is 18.0 Å². The van der Waals surface area contributed by atoms with Crippen LogP contribution in [0.4, 0.5) is 11.6 Å². The first kappa shape index (κ1) is 9.66. The van der Waals surface area contributed by atoms with Crippen molar-refractivity contribution < 1.29 is 4.52 Å². The number of nitrogens with one attached hydrogen (secondary N) is 2. The van der Waals surface area contributed by atoms with Gasteiger partial charge in [0.15, 0.2) is 11.6 Å². The van der Waals surface area contributed by atoms with Crippen LogP contribution in [0.3, 0.4) is 0 Å². The summed E-state index contributed by atoms with van der Waals surface area (Å²) in [5.41, 5.74) is 6.67. The summed E-state index contributed by atoms with van der Waals surface area (Å²) in [6.45, 7) is 3.65. The molecule has 2 aromatic heterocycles. The molecule has 2 rings (SSSR count). The van der Waals surface area contributed by atoms with Crippen molar-refractivity contribution in [2.45, 2.75) is 6.42 Å². The molecular formula is C8H9N5OS. The second-order valence-corrected chi connectivity index (χ2v) is 3.33. The zero-order valence-corrected chi connectivity index (χ0v) is 8.62. The van der Waals surface area contributed by atoms with Gasteiger partial charge < -0.3 is 4.52 Å². The van der Waals surface area contributed by atoms with Crippen LogP contribution in [0.15, 0.2) is 28.8 Å². The molecule has 0 saturated carbocycles. The molecule has 6 nitrogen and oxygen atoms in total. The van der Waals surface area contributed by atoms with Crippen molar-refractivity contribution in [2.24, 2.45) is 0 Å². The number of nitrogens with zero attached hydrogens (tertiary/aromatic N) is 3. The van der Waals surface area contributed by atoms with Gasteiger partial charge in [-0.15, -0.1) is 11.7 Å². The van der Waals surface area contributed by atoms with Crippen molar-refractivity contribution in [3.63, 3.8) is 0 Å². The molecule has 2 aromatic rings. The fourth-order valence-electron chi connectivity index (χ4n) is 1.00. The van der Waals surface area contributed by atoms with E-state index < -0.39 is 0 Å². The number of aromatic nitrogens is 3. The maximum Gasteiger partial charge on any atom is 0.191 e. The molecule has 0 atom stereocenters. The maximum atomic E-state index is 4.83. The van der Waals surface area contributed by atoms with E-state index >= 15 is 0 Å². The number of hydrogen-bond acceptors (Lipinski definition) is 7. The third-order valence-electron chi connectivity index (χ3n) is 1.68. The first-order valence-electron chi connectivity index (χ1n) is 4.23. The molecule has 0 aliphatic heterocycles. The zero-order chi connectivity index (χ0) is 10.5. The van der Waals surface area contributed by atoms with E-state index in [9.17, 15) is 0 Å². The number of hydrazine groups is 1. The van der Waals surface area contributed by atoms with E-state index in [1.807, 2.05) is 0 Å². The smallest absolute Gasteiger partial charge is 0.191 e. The third kappa shape index (κ3) is 2.32. The van der Waals surface area contributed by atoms with E-state index in [1.54, 1.807) is 17.7 Å². The van der Waals surface area contributed by atoms with E-state index in [1.165, 1.54) is 11.5 Å². The van der Waals surface area contributed by atoms with Crippen molar-refractivity contribution in [1.29, 1.82) is 0 Å².